The van der Waals surface area contributed by atoms with Crippen molar-refractivity contribution in [1.29, 1.82) is 0 Å². The zero-order chi connectivity index (χ0) is 14.2. The van der Waals surface area contributed by atoms with Crippen LogP contribution in [0, 0.1) is 19.8 Å². The minimum atomic E-state index is -0.709. The molecule has 0 N–H and O–H groups in total. The number of carbonyl (C=O) groups is 2. The first-order valence-corrected chi connectivity index (χ1v) is 6.50. The number of benzene rings is 1. The lowest BCUT2D eigenvalue weighted by Crippen LogP contribution is -2.43. The van der Waals surface area contributed by atoms with Gasteiger partial charge in [0.05, 0.1) is 6.61 Å². The van der Waals surface area contributed by atoms with E-state index in [2.05, 4.69) is 6.07 Å². The number of aryl methyl sites for hydroxylation is 2. The van der Waals surface area contributed by atoms with Crippen LogP contribution < -0.4 is 4.90 Å². The fraction of sp³-hybridized carbons (Fsp3) is 0.467. The van der Waals surface area contributed by atoms with Crippen LogP contribution in [0.3, 0.4) is 0 Å². The molecule has 1 aliphatic rings. The Balaban J connectivity index is 2.40. The second kappa shape index (κ2) is 5.03. The maximum Gasteiger partial charge on any atom is 0.318 e. The molecule has 0 bridgehead atoms. The Morgan fingerprint density at radius 2 is 2.00 bits per heavy atom. The fourth-order valence-electron chi connectivity index (χ4n) is 2.42. The van der Waals surface area contributed by atoms with E-state index in [-0.39, 0.29) is 5.91 Å². The zero-order valence-electron chi connectivity index (χ0n) is 11.8. The quantitative estimate of drug-likeness (QED) is 0.604. The molecule has 0 aromatic heterocycles. The molecule has 1 atom stereocenters. The molecule has 19 heavy (non-hydrogen) atoms. The largest absolute Gasteiger partial charge is 0.465 e. The Hall–Kier alpha value is -1.84. The zero-order valence-corrected chi connectivity index (χ0v) is 11.8. The van der Waals surface area contributed by atoms with Crippen LogP contribution in [0.4, 0.5) is 5.69 Å². The molecular formula is C15H19NO3. The van der Waals surface area contributed by atoms with Gasteiger partial charge < -0.3 is 9.64 Å². The number of rotatable bonds is 2. The maximum absolute atomic E-state index is 12.2. The van der Waals surface area contributed by atoms with Crippen LogP contribution in [0.15, 0.2) is 12.1 Å². The maximum atomic E-state index is 12.2. The third kappa shape index (κ3) is 2.35. The lowest BCUT2D eigenvalue weighted by atomic mass is 9.89. The first kappa shape index (κ1) is 13.6. The fourth-order valence-corrected chi connectivity index (χ4v) is 2.42. The van der Waals surface area contributed by atoms with E-state index in [0.29, 0.717) is 13.0 Å². The highest BCUT2D eigenvalue weighted by Gasteiger charge is 2.36. The molecule has 1 heterocycles. The molecule has 0 saturated carbocycles. The van der Waals surface area contributed by atoms with E-state index in [0.717, 1.165) is 16.8 Å². The summed E-state index contributed by atoms with van der Waals surface area (Å²) in [7, 11) is 1.71. The SMILES string of the molecule is CCOC(=O)C1Cc2cc(C)c(C)cc2N(C)C1=O. The van der Waals surface area contributed by atoms with Gasteiger partial charge in [0.15, 0.2) is 0 Å². The molecular weight excluding hydrogens is 242 g/mol. The number of esters is 1. The highest BCUT2D eigenvalue weighted by atomic mass is 16.5. The lowest BCUT2D eigenvalue weighted by molar-refractivity contribution is -0.151. The normalized spacial score (nSPS) is 18.2. The van der Waals surface area contributed by atoms with Gasteiger partial charge in [0.25, 0.3) is 0 Å². The van der Waals surface area contributed by atoms with E-state index in [1.165, 1.54) is 5.56 Å². The van der Waals surface area contributed by atoms with Gasteiger partial charge in [-0.3, -0.25) is 9.59 Å². The Morgan fingerprint density at radius 1 is 1.37 bits per heavy atom. The third-order valence-corrected chi connectivity index (χ3v) is 3.68. The molecule has 1 amide bonds. The monoisotopic (exact) mass is 261 g/mol. The molecule has 0 fully saturated rings. The van der Waals surface area contributed by atoms with Crippen molar-refractivity contribution in [2.45, 2.75) is 27.2 Å². The highest BCUT2D eigenvalue weighted by Crippen LogP contribution is 2.32. The number of ether oxygens (including phenoxy) is 1. The van der Waals surface area contributed by atoms with E-state index in [9.17, 15) is 9.59 Å². The van der Waals surface area contributed by atoms with Gasteiger partial charge in [-0.2, -0.15) is 0 Å². The van der Waals surface area contributed by atoms with E-state index < -0.39 is 11.9 Å². The van der Waals surface area contributed by atoms with E-state index in [1.807, 2.05) is 19.9 Å². The summed E-state index contributed by atoms with van der Waals surface area (Å²) >= 11 is 0. The molecule has 1 aromatic rings. The lowest BCUT2D eigenvalue weighted by Gasteiger charge is -2.31. The molecule has 4 heteroatoms. The van der Waals surface area contributed by atoms with Gasteiger partial charge in [-0.25, -0.2) is 0 Å². The number of hydrogen-bond acceptors (Lipinski definition) is 3. The van der Waals surface area contributed by atoms with Gasteiger partial charge in [-0.15, -0.1) is 0 Å². The van der Waals surface area contributed by atoms with Gasteiger partial charge in [0, 0.05) is 12.7 Å². The summed E-state index contributed by atoms with van der Waals surface area (Å²) in [5.41, 5.74) is 4.24. The summed E-state index contributed by atoms with van der Waals surface area (Å²) in [5.74, 6) is -1.32. The van der Waals surface area contributed by atoms with E-state index in [1.54, 1.807) is 18.9 Å². The summed E-state index contributed by atoms with van der Waals surface area (Å²) in [5, 5.41) is 0. The summed E-state index contributed by atoms with van der Waals surface area (Å²) in [6, 6.07) is 4.06. The number of hydrogen-bond donors (Lipinski definition) is 0. The first-order chi connectivity index (χ1) is 8.95. The molecule has 4 nitrogen and oxygen atoms in total. The predicted octanol–water partition coefficient (Wildman–Crippen LogP) is 2.00. The van der Waals surface area contributed by atoms with Crippen LogP contribution in [0.1, 0.15) is 23.6 Å². The smallest absolute Gasteiger partial charge is 0.318 e. The first-order valence-electron chi connectivity index (χ1n) is 6.50. The van der Waals surface area contributed by atoms with Crippen LogP contribution in [0.25, 0.3) is 0 Å². The average molecular weight is 261 g/mol. The summed E-state index contributed by atoms with van der Waals surface area (Å²) in [6.07, 6.45) is 0.429. The molecule has 102 valence electrons. The van der Waals surface area contributed by atoms with Crippen molar-refractivity contribution >= 4 is 17.6 Å². The molecule has 0 saturated heterocycles. The van der Waals surface area contributed by atoms with Crippen LogP contribution in [0.5, 0.6) is 0 Å². The van der Waals surface area contributed by atoms with Crippen LogP contribution in [0.2, 0.25) is 0 Å². The van der Waals surface area contributed by atoms with E-state index >= 15 is 0 Å². The van der Waals surface area contributed by atoms with Crippen molar-refractivity contribution in [1.82, 2.24) is 0 Å². The van der Waals surface area contributed by atoms with Crippen molar-refractivity contribution in [3.63, 3.8) is 0 Å². The summed E-state index contributed by atoms with van der Waals surface area (Å²) in [4.78, 5) is 25.6. The average Bonchev–Trinajstić information content (AvgIpc) is 2.36. The molecule has 0 aliphatic carbocycles. The molecule has 2 rings (SSSR count). The molecule has 1 unspecified atom stereocenters. The standard InChI is InChI=1S/C15H19NO3/c1-5-19-15(18)12-8-11-6-9(2)10(3)7-13(11)16(4)14(12)17/h6-7,12H,5,8H2,1-4H3. The molecule has 1 aliphatic heterocycles. The number of carbonyl (C=O) groups excluding carboxylic acids is 2. The Labute approximate surface area is 113 Å². The second-order valence-corrected chi connectivity index (χ2v) is 4.97. The van der Waals surface area contributed by atoms with Gasteiger partial charge >= 0.3 is 5.97 Å². The summed E-state index contributed by atoms with van der Waals surface area (Å²) < 4.78 is 4.98. The van der Waals surface area contributed by atoms with E-state index in [4.69, 9.17) is 4.74 Å². The number of anilines is 1. The number of nitrogens with zero attached hydrogens (tertiary/aromatic N) is 1. The van der Waals surface area contributed by atoms with Gasteiger partial charge in [-0.1, -0.05) is 6.07 Å². The van der Waals surface area contributed by atoms with Crippen LogP contribution in [-0.4, -0.2) is 25.5 Å². The number of fused-ring (bicyclic) bond motifs is 1. The molecule has 0 spiro atoms. The van der Waals surface area contributed by atoms with Gasteiger partial charge in [-0.05, 0) is 49.9 Å². The molecule has 1 aromatic carbocycles. The predicted molar refractivity (Wildman–Crippen MR) is 73.2 cm³/mol. The summed E-state index contributed by atoms with van der Waals surface area (Å²) in [6.45, 7) is 6.10. The van der Waals surface area contributed by atoms with Crippen molar-refractivity contribution < 1.29 is 14.3 Å². The third-order valence-electron chi connectivity index (χ3n) is 3.68. The van der Waals surface area contributed by atoms with Crippen molar-refractivity contribution in [3.8, 4) is 0 Å². The topological polar surface area (TPSA) is 46.6 Å². The Morgan fingerprint density at radius 3 is 2.63 bits per heavy atom. The minimum absolute atomic E-state index is 0.186. The Bertz CT molecular complexity index is 536. The van der Waals surface area contributed by atoms with Crippen molar-refractivity contribution in [2.75, 3.05) is 18.6 Å². The van der Waals surface area contributed by atoms with Crippen molar-refractivity contribution in [2.24, 2.45) is 5.92 Å². The Kier molecular flexibility index (Phi) is 3.60. The van der Waals surface area contributed by atoms with Crippen LogP contribution in [-0.2, 0) is 20.7 Å². The highest BCUT2D eigenvalue weighted by molar-refractivity contribution is 6.08. The minimum Gasteiger partial charge on any atom is -0.465 e. The molecule has 0 radical (unpaired) electrons. The number of amides is 1. The van der Waals surface area contributed by atoms with Crippen LogP contribution >= 0.6 is 0 Å². The second-order valence-electron chi connectivity index (χ2n) is 4.97. The van der Waals surface area contributed by atoms with Gasteiger partial charge in [0.2, 0.25) is 5.91 Å². The van der Waals surface area contributed by atoms with Gasteiger partial charge in [0.1, 0.15) is 5.92 Å². The van der Waals surface area contributed by atoms with Crippen molar-refractivity contribution in [3.05, 3.63) is 28.8 Å².